The molecule has 0 saturated heterocycles. The molecule has 4 heteroatoms. The predicted octanol–water partition coefficient (Wildman–Crippen LogP) is 9.48. The minimum absolute atomic E-state index is 0.393. The molecule has 0 rings (SSSR count). The van der Waals surface area contributed by atoms with E-state index in [1.165, 1.54) is 71.2 Å². The topological polar surface area (TPSA) is 19.0 Å². The Labute approximate surface area is 250 Å². The van der Waals surface area contributed by atoms with Crippen LogP contribution >= 0.6 is 0 Å². The lowest BCUT2D eigenvalue weighted by molar-refractivity contribution is 0.127. The van der Waals surface area contributed by atoms with Crippen LogP contribution in [-0.4, -0.2) is 86.8 Å². The van der Waals surface area contributed by atoms with Crippen molar-refractivity contribution >= 4 is 0 Å². The van der Waals surface area contributed by atoms with E-state index in [1.54, 1.807) is 7.11 Å². The number of ether oxygens (including phenoxy) is 1. The predicted molar refractivity (Wildman–Crippen MR) is 180 cm³/mol. The lowest BCUT2D eigenvalue weighted by atomic mass is 9.95. The van der Waals surface area contributed by atoms with Gasteiger partial charge in [-0.1, -0.05) is 110 Å². The summed E-state index contributed by atoms with van der Waals surface area (Å²) in [6.45, 7) is 44.8. The molecule has 0 aliphatic heterocycles. The zero-order valence-electron chi connectivity index (χ0n) is 30.4. The molecule has 1 unspecified atom stereocenters. The largest absolute Gasteiger partial charge is 0.383 e. The summed E-state index contributed by atoms with van der Waals surface area (Å²) in [7, 11) is 1.75. The average molecular weight is 558 g/mol. The fraction of sp³-hybridized carbons (Fsp3) is 1.00. The fourth-order valence-electron chi connectivity index (χ4n) is 4.55. The van der Waals surface area contributed by atoms with Crippen LogP contribution in [0.5, 0.6) is 0 Å². The van der Waals surface area contributed by atoms with Crippen molar-refractivity contribution < 1.29 is 4.74 Å². The molecule has 0 aromatic heterocycles. The van der Waals surface area contributed by atoms with Gasteiger partial charge in [0, 0.05) is 39.3 Å². The van der Waals surface area contributed by atoms with E-state index in [0.29, 0.717) is 16.2 Å². The van der Waals surface area contributed by atoms with E-state index in [1.807, 2.05) is 0 Å². The van der Waals surface area contributed by atoms with E-state index in [0.717, 1.165) is 32.3 Å². The van der Waals surface area contributed by atoms with Gasteiger partial charge in [0.2, 0.25) is 0 Å². The Morgan fingerprint density at radius 2 is 1.00 bits per heavy atom. The van der Waals surface area contributed by atoms with Crippen LogP contribution in [0.3, 0.4) is 0 Å². The smallest absolute Gasteiger partial charge is 0.0589 e. The SMILES string of the molecule is CCCCN(CCCC)CC(C)(C)C.CCCN(CC(C)(C)C)C(C)CC.CCN(CCOC)CC(C)(C)C. The third-order valence-electron chi connectivity index (χ3n) is 6.51. The van der Waals surface area contributed by atoms with Gasteiger partial charge in [-0.3, -0.25) is 0 Å². The number of likely N-dealkylation sites (N-methyl/N-ethyl adjacent to an activating group) is 1. The van der Waals surface area contributed by atoms with Gasteiger partial charge in [-0.05, 0) is 75.0 Å². The molecule has 0 aromatic rings. The molecule has 0 fully saturated rings. The normalized spacial score (nSPS) is 13.3. The Balaban J connectivity index is -0.000000500. The maximum absolute atomic E-state index is 5.05. The number of methoxy groups -OCH3 is 1. The molecule has 4 nitrogen and oxygen atoms in total. The van der Waals surface area contributed by atoms with Crippen LogP contribution in [0.2, 0.25) is 0 Å². The number of hydrogen-bond donors (Lipinski definition) is 0. The molecule has 0 aliphatic rings. The minimum atomic E-state index is 0.393. The molecule has 0 saturated carbocycles. The van der Waals surface area contributed by atoms with Gasteiger partial charge in [0.1, 0.15) is 0 Å². The molecule has 39 heavy (non-hydrogen) atoms. The molecule has 0 radical (unpaired) electrons. The minimum Gasteiger partial charge on any atom is -0.383 e. The van der Waals surface area contributed by atoms with Crippen molar-refractivity contribution in [1.29, 1.82) is 0 Å². The summed E-state index contributed by atoms with van der Waals surface area (Å²) >= 11 is 0. The first-order valence-corrected chi connectivity index (χ1v) is 16.6. The second-order valence-corrected chi connectivity index (χ2v) is 15.3. The van der Waals surface area contributed by atoms with E-state index in [2.05, 4.69) is 119 Å². The summed E-state index contributed by atoms with van der Waals surface area (Å²) in [6.07, 6.45) is 7.84. The summed E-state index contributed by atoms with van der Waals surface area (Å²) in [4.78, 5) is 7.66. The van der Waals surface area contributed by atoms with Crippen molar-refractivity contribution in [2.24, 2.45) is 16.2 Å². The lowest BCUT2D eigenvalue weighted by Crippen LogP contribution is -2.39. The maximum Gasteiger partial charge on any atom is 0.0589 e. The van der Waals surface area contributed by atoms with Crippen molar-refractivity contribution in [3.8, 4) is 0 Å². The van der Waals surface area contributed by atoms with Crippen molar-refractivity contribution in [3.63, 3.8) is 0 Å². The van der Waals surface area contributed by atoms with E-state index in [-0.39, 0.29) is 0 Å². The van der Waals surface area contributed by atoms with Crippen LogP contribution < -0.4 is 0 Å². The van der Waals surface area contributed by atoms with Gasteiger partial charge in [0.25, 0.3) is 0 Å². The average Bonchev–Trinajstić information content (AvgIpc) is 2.81. The fourth-order valence-corrected chi connectivity index (χ4v) is 4.55. The van der Waals surface area contributed by atoms with Crippen molar-refractivity contribution in [2.45, 2.75) is 148 Å². The van der Waals surface area contributed by atoms with Crippen LogP contribution in [0.1, 0.15) is 142 Å². The molecular weight excluding hydrogens is 478 g/mol. The molecule has 0 spiro atoms. The number of rotatable bonds is 17. The molecule has 0 bridgehead atoms. The van der Waals surface area contributed by atoms with Crippen molar-refractivity contribution in [3.05, 3.63) is 0 Å². The maximum atomic E-state index is 5.05. The quantitative estimate of drug-likeness (QED) is 0.177. The van der Waals surface area contributed by atoms with Crippen molar-refractivity contribution in [2.75, 3.05) is 66.1 Å². The summed E-state index contributed by atoms with van der Waals surface area (Å²) in [5.74, 6) is 0. The van der Waals surface area contributed by atoms with Gasteiger partial charge in [0.05, 0.1) is 6.61 Å². The van der Waals surface area contributed by atoms with E-state index in [9.17, 15) is 0 Å². The molecule has 0 heterocycles. The van der Waals surface area contributed by atoms with Crippen molar-refractivity contribution in [1.82, 2.24) is 14.7 Å². The Morgan fingerprint density at radius 1 is 0.564 bits per heavy atom. The first-order valence-electron chi connectivity index (χ1n) is 16.6. The number of nitrogens with zero attached hydrogens (tertiary/aromatic N) is 3. The molecule has 0 aromatic carbocycles. The van der Waals surface area contributed by atoms with Crippen LogP contribution in [0.4, 0.5) is 0 Å². The number of unbranched alkanes of at least 4 members (excludes halogenated alkanes) is 2. The van der Waals surface area contributed by atoms with E-state index in [4.69, 9.17) is 4.74 Å². The van der Waals surface area contributed by atoms with Gasteiger partial charge < -0.3 is 19.4 Å². The Hall–Kier alpha value is -0.160. The first kappa shape index (κ1) is 43.3. The van der Waals surface area contributed by atoms with Gasteiger partial charge in [0.15, 0.2) is 0 Å². The summed E-state index contributed by atoms with van der Waals surface area (Å²) < 4.78 is 5.05. The zero-order chi connectivity index (χ0) is 31.1. The highest BCUT2D eigenvalue weighted by Gasteiger charge is 2.19. The van der Waals surface area contributed by atoms with E-state index >= 15 is 0 Å². The molecule has 240 valence electrons. The molecule has 0 N–H and O–H groups in total. The Kier molecular flexibility index (Phi) is 27.1. The highest BCUT2D eigenvalue weighted by atomic mass is 16.5. The first-order chi connectivity index (χ1) is 17.9. The van der Waals surface area contributed by atoms with Crippen LogP contribution in [0, 0.1) is 16.2 Å². The highest BCUT2D eigenvalue weighted by Crippen LogP contribution is 2.18. The molecular formula is C35H79N3O. The zero-order valence-corrected chi connectivity index (χ0v) is 30.4. The number of hydrogen-bond acceptors (Lipinski definition) is 4. The standard InChI is InChI=1S/C13H29N.C12H27N.C10H23NO/c1-6-8-10-14(11-9-7-2)12-13(3,4)5;1-7-9-13(11(3)8-2)10-12(4,5)6;1-6-11(7-8-12-5)9-10(2,3)4/h6-12H2,1-5H3;11H,7-10H2,1-6H3;6-9H2,1-5H3. The monoisotopic (exact) mass is 558 g/mol. The molecule has 1 atom stereocenters. The van der Waals surface area contributed by atoms with Gasteiger partial charge in [-0.25, -0.2) is 0 Å². The summed E-state index contributed by atoms with van der Waals surface area (Å²) in [5, 5.41) is 0. The third kappa shape index (κ3) is 33.9. The lowest BCUT2D eigenvalue weighted by Gasteiger charge is -2.34. The van der Waals surface area contributed by atoms with Gasteiger partial charge in [-0.15, -0.1) is 0 Å². The Morgan fingerprint density at radius 3 is 1.31 bits per heavy atom. The molecule has 0 aliphatic carbocycles. The third-order valence-corrected chi connectivity index (χ3v) is 6.51. The second kappa shape index (κ2) is 24.4. The van der Waals surface area contributed by atoms with Gasteiger partial charge in [-0.2, -0.15) is 0 Å². The van der Waals surface area contributed by atoms with Crippen LogP contribution in [0.25, 0.3) is 0 Å². The Bertz CT molecular complexity index is 493. The molecule has 0 amide bonds. The highest BCUT2D eigenvalue weighted by molar-refractivity contribution is 4.73. The summed E-state index contributed by atoms with van der Waals surface area (Å²) in [6, 6.07) is 0.735. The van der Waals surface area contributed by atoms with Gasteiger partial charge >= 0.3 is 0 Å². The second-order valence-electron chi connectivity index (χ2n) is 15.3. The summed E-state index contributed by atoms with van der Waals surface area (Å²) in [5.41, 5.74) is 1.27. The van der Waals surface area contributed by atoms with Crippen LogP contribution in [0.15, 0.2) is 0 Å². The van der Waals surface area contributed by atoms with E-state index < -0.39 is 0 Å². The van der Waals surface area contributed by atoms with Crippen LogP contribution in [-0.2, 0) is 4.74 Å².